The van der Waals surface area contributed by atoms with E-state index < -0.39 is 11.8 Å². The molecule has 1 fully saturated rings. The summed E-state index contributed by atoms with van der Waals surface area (Å²) in [6, 6.07) is 2.17. The number of hydrogen-bond acceptors (Lipinski definition) is 4. The number of rotatable bonds is 2. The highest BCUT2D eigenvalue weighted by atomic mass is 16.7. The summed E-state index contributed by atoms with van der Waals surface area (Å²) in [5.74, 6) is 0. The lowest BCUT2D eigenvalue weighted by Crippen LogP contribution is -2.49. The lowest BCUT2D eigenvalue weighted by Gasteiger charge is -2.43. The van der Waals surface area contributed by atoms with Gasteiger partial charge in [0, 0.05) is 11.8 Å². The van der Waals surface area contributed by atoms with E-state index in [1.807, 2.05) is 13.8 Å². The zero-order chi connectivity index (χ0) is 12.2. The molecule has 0 aromatic rings. The van der Waals surface area contributed by atoms with Gasteiger partial charge in [0.2, 0.25) is 5.60 Å². The topological polar surface area (TPSA) is 59.3 Å². The zero-order valence-electron chi connectivity index (χ0n) is 10.2. The van der Waals surface area contributed by atoms with Crippen molar-refractivity contribution in [2.24, 2.45) is 5.41 Å². The van der Waals surface area contributed by atoms with Crippen LogP contribution in [0.3, 0.4) is 0 Å². The van der Waals surface area contributed by atoms with E-state index in [2.05, 4.69) is 6.07 Å². The standard InChI is InChI=1S/C12H19NO3/c1-4-15-10(14)16-12(9-13)8-6-5-7-11(12,2)3/h4-8H2,1-3H3. The number of nitriles is 1. The molecule has 0 aliphatic heterocycles. The van der Waals surface area contributed by atoms with Crippen molar-refractivity contribution in [2.45, 2.75) is 52.1 Å². The summed E-state index contributed by atoms with van der Waals surface area (Å²) >= 11 is 0. The SMILES string of the molecule is CCOC(=O)OC1(C#N)CCCCC1(C)C. The molecular weight excluding hydrogens is 206 g/mol. The fraction of sp³-hybridized carbons (Fsp3) is 0.833. The molecule has 4 nitrogen and oxygen atoms in total. The minimum Gasteiger partial charge on any atom is -0.435 e. The molecule has 1 unspecified atom stereocenters. The Labute approximate surface area is 96.5 Å². The van der Waals surface area contributed by atoms with Crippen LogP contribution in [0.1, 0.15) is 46.5 Å². The molecule has 0 spiro atoms. The third-order valence-corrected chi connectivity index (χ3v) is 3.37. The van der Waals surface area contributed by atoms with Crippen molar-refractivity contribution < 1.29 is 14.3 Å². The van der Waals surface area contributed by atoms with Gasteiger partial charge in [-0.15, -0.1) is 0 Å². The molecule has 1 aliphatic carbocycles. The van der Waals surface area contributed by atoms with Gasteiger partial charge in [0.05, 0.1) is 6.61 Å². The van der Waals surface area contributed by atoms with Crippen LogP contribution in [0.15, 0.2) is 0 Å². The molecule has 0 aromatic carbocycles. The van der Waals surface area contributed by atoms with Crippen molar-refractivity contribution in [3.63, 3.8) is 0 Å². The average Bonchev–Trinajstić information content (AvgIpc) is 2.21. The molecule has 0 N–H and O–H groups in total. The van der Waals surface area contributed by atoms with Crippen molar-refractivity contribution in [1.82, 2.24) is 0 Å². The van der Waals surface area contributed by atoms with Crippen molar-refractivity contribution in [3.8, 4) is 6.07 Å². The average molecular weight is 225 g/mol. The third-order valence-electron chi connectivity index (χ3n) is 3.37. The summed E-state index contributed by atoms with van der Waals surface area (Å²) in [6.45, 7) is 5.91. The first-order valence-corrected chi connectivity index (χ1v) is 5.74. The van der Waals surface area contributed by atoms with E-state index in [1.165, 1.54) is 0 Å². The number of carbonyl (C=O) groups is 1. The third kappa shape index (κ3) is 2.29. The maximum Gasteiger partial charge on any atom is 0.509 e. The van der Waals surface area contributed by atoms with E-state index in [0.29, 0.717) is 6.42 Å². The molecule has 0 saturated heterocycles. The van der Waals surface area contributed by atoms with Crippen LogP contribution in [0.25, 0.3) is 0 Å². The van der Waals surface area contributed by atoms with Crippen molar-refractivity contribution in [3.05, 3.63) is 0 Å². The normalized spacial score (nSPS) is 27.9. The minimum atomic E-state index is -1.03. The Morgan fingerprint density at radius 3 is 2.50 bits per heavy atom. The maximum absolute atomic E-state index is 11.4. The van der Waals surface area contributed by atoms with Crippen LogP contribution in [0, 0.1) is 16.7 Å². The van der Waals surface area contributed by atoms with Gasteiger partial charge in [-0.1, -0.05) is 20.3 Å². The smallest absolute Gasteiger partial charge is 0.435 e. The maximum atomic E-state index is 11.4. The van der Waals surface area contributed by atoms with Crippen LogP contribution in [-0.2, 0) is 9.47 Å². The fourth-order valence-electron chi connectivity index (χ4n) is 2.19. The minimum absolute atomic E-state index is 0.265. The van der Waals surface area contributed by atoms with Gasteiger partial charge in [0.25, 0.3) is 0 Å². The van der Waals surface area contributed by atoms with Crippen LogP contribution in [0.4, 0.5) is 4.79 Å². The summed E-state index contributed by atoms with van der Waals surface area (Å²) in [6.07, 6.45) is 2.73. The molecule has 0 aromatic heterocycles. The molecule has 1 aliphatic rings. The van der Waals surface area contributed by atoms with Gasteiger partial charge in [0.15, 0.2) is 0 Å². The summed E-state index contributed by atoms with van der Waals surface area (Å²) in [4.78, 5) is 11.4. The molecule has 1 rings (SSSR count). The summed E-state index contributed by atoms with van der Waals surface area (Å²) < 4.78 is 10.0. The van der Waals surface area contributed by atoms with Crippen LogP contribution in [0.5, 0.6) is 0 Å². The Kier molecular flexibility index (Phi) is 3.79. The Morgan fingerprint density at radius 1 is 1.38 bits per heavy atom. The van der Waals surface area contributed by atoms with E-state index >= 15 is 0 Å². The number of ether oxygens (including phenoxy) is 2. The summed E-state index contributed by atoms with van der Waals surface area (Å²) in [5.41, 5.74) is -1.34. The first-order chi connectivity index (χ1) is 7.47. The Hall–Kier alpha value is -1.24. The molecule has 90 valence electrons. The van der Waals surface area contributed by atoms with E-state index in [4.69, 9.17) is 9.47 Å². The monoisotopic (exact) mass is 225 g/mol. The summed E-state index contributed by atoms with van der Waals surface area (Å²) in [7, 11) is 0. The first kappa shape index (κ1) is 12.8. The van der Waals surface area contributed by atoms with Crippen molar-refractivity contribution in [1.29, 1.82) is 5.26 Å². The van der Waals surface area contributed by atoms with E-state index in [-0.39, 0.29) is 12.0 Å². The van der Waals surface area contributed by atoms with Gasteiger partial charge in [-0.3, -0.25) is 0 Å². The van der Waals surface area contributed by atoms with Crippen molar-refractivity contribution in [2.75, 3.05) is 6.61 Å². The van der Waals surface area contributed by atoms with E-state index in [0.717, 1.165) is 19.3 Å². The molecule has 4 heteroatoms. The fourth-order valence-corrected chi connectivity index (χ4v) is 2.19. The van der Waals surface area contributed by atoms with E-state index in [1.54, 1.807) is 6.92 Å². The predicted molar refractivity (Wildman–Crippen MR) is 58.7 cm³/mol. The molecule has 0 heterocycles. The van der Waals surface area contributed by atoms with Gasteiger partial charge >= 0.3 is 6.16 Å². The van der Waals surface area contributed by atoms with Crippen LogP contribution >= 0.6 is 0 Å². The number of nitrogens with zero attached hydrogens (tertiary/aromatic N) is 1. The lowest BCUT2D eigenvalue weighted by molar-refractivity contribution is -0.0860. The molecule has 0 bridgehead atoms. The number of carbonyl (C=O) groups excluding carboxylic acids is 1. The van der Waals surface area contributed by atoms with Crippen LogP contribution in [0.2, 0.25) is 0 Å². The lowest BCUT2D eigenvalue weighted by atomic mass is 9.66. The molecule has 0 amide bonds. The Bertz CT molecular complexity index is 306. The van der Waals surface area contributed by atoms with Gasteiger partial charge in [-0.2, -0.15) is 5.26 Å². The Balaban J connectivity index is 2.83. The highest BCUT2D eigenvalue weighted by Gasteiger charge is 2.51. The molecule has 1 saturated carbocycles. The number of hydrogen-bond donors (Lipinski definition) is 0. The second kappa shape index (κ2) is 4.73. The summed E-state index contributed by atoms with van der Waals surface area (Å²) in [5, 5.41) is 9.31. The van der Waals surface area contributed by atoms with Crippen molar-refractivity contribution >= 4 is 6.16 Å². The van der Waals surface area contributed by atoms with Crippen LogP contribution in [-0.4, -0.2) is 18.4 Å². The molecule has 0 radical (unpaired) electrons. The quantitative estimate of drug-likeness (QED) is 0.678. The highest BCUT2D eigenvalue weighted by Crippen LogP contribution is 2.46. The molecular formula is C12H19NO3. The molecule has 1 atom stereocenters. The van der Waals surface area contributed by atoms with Gasteiger partial charge < -0.3 is 9.47 Å². The first-order valence-electron chi connectivity index (χ1n) is 5.74. The van der Waals surface area contributed by atoms with Gasteiger partial charge in [-0.05, 0) is 19.8 Å². The van der Waals surface area contributed by atoms with Gasteiger partial charge in [0.1, 0.15) is 6.07 Å². The van der Waals surface area contributed by atoms with Crippen LogP contribution < -0.4 is 0 Å². The van der Waals surface area contributed by atoms with Gasteiger partial charge in [-0.25, -0.2) is 4.79 Å². The Morgan fingerprint density at radius 2 is 2.00 bits per heavy atom. The largest absolute Gasteiger partial charge is 0.509 e. The highest BCUT2D eigenvalue weighted by molar-refractivity contribution is 5.61. The second-order valence-electron chi connectivity index (χ2n) is 4.81. The van der Waals surface area contributed by atoms with E-state index in [9.17, 15) is 10.1 Å². The molecule has 16 heavy (non-hydrogen) atoms. The predicted octanol–water partition coefficient (Wildman–Crippen LogP) is 3.02. The zero-order valence-corrected chi connectivity index (χ0v) is 10.2. The second-order valence-corrected chi connectivity index (χ2v) is 4.81.